The molecule has 1 unspecified atom stereocenters. The standard InChI is InChI=1S/C26H25F3N2O3S/c27-26(28,29)25(33)31(19-13-15-21(16-14-19)34-20-10-5-2-6-11-20)23(22-12-7-17-35-22)24(32)30-18-8-3-1-4-9-18/h2,5-7,10-18,23H,1,3-4,8-9H2,(H,30,32). The van der Waals surface area contributed by atoms with Gasteiger partial charge in [0.15, 0.2) is 6.04 Å². The van der Waals surface area contributed by atoms with E-state index in [-0.39, 0.29) is 11.7 Å². The predicted octanol–water partition coefficient (Wildman–Crippen LogP) is 6.63. The lowest BCUT2D eigenvalue weighted by Gasteiger charge is -2.33. The molecule has 1 atom stereocenters. The number of rotatable bonds is 7. The van der Waals surface area contributed by atoms with E-state index in [1.807, 2.05) is 6.07 Å². The molecule has 1 fully saturated rings. The smallest absolute Gasteiger partial charge is 0.457 e. The van der Waals surface area contributed by atoms with E-state index in [4.69, 9.17) is 4.74 Å². The average molecular weight is 503 g/mol. The fourth-order valence-corrected chi connectivity index (χ4v) is 4.98. The Balaban J connectivity index is 1.67. The van der Waals surface area contributed by atoms with Crippen LogP contribution >= 0.6 is 11.3 Å². The molecule has 2 aromatic carbocycles. The maximum absolute atomic E-state index is 13.7. The van der Waals surface area contributed by atoms with Gasteiger partial charge < -0.3 is 10.1 Å². The summed E-state index contributed by atoms with van der Waals surface area (Å²) in [5.74, 6) is -1.78. The van der Waals surface area contributed by atoms with Crippen molar-refractivity contribution in [2.45, 2.75) is 50.4 Å². The second-order valence-corrected chi connectivity index (χ2v) is 9.32. The fourth-order valence-electron chi connectivity index (χ4n) is 4.17. The third-order valence-electron chi connectivity index (χ3n) is 5.83. The van der Waals surface area contributed by atoms with E-state index >= 15 is 0 Å². The number of hydrogen-bond donors (Lipinski definition) is 1. The molecule has 0 bridgehead atoms. The van der Waals surface area contributed by atoms with E-state index in [2.05, 4.69) is 5.32 Å². The molecule has 1 heterocycles. The van der Waals surface area contributed by atoms with Crippen molar-refractivity contribution in [3.05, 3.63) is 77.0 Å². The maximum Gasteiger partial charge on any atom is 0.471 e. The first kappa shape index (κ1) is 24.8. The summed E-state index contributed by atoms with van der Waals surface area (Å²) in [6.07, 6.45) is -0.675. The second kappa shape index (κ2) is 10.9. The van der Waals surface area contributed by atoms with Gasteiger partial charge in [-0.05, 0) is 60.7 Å². The van der Waals surface area contributed by atoms with Gasteiger partial charge in [0, 0.05) is 16.6 Å². The van der Waals surface area contributed by atoms with E-state index in [1.54, 1.807) is 41.8 Å². The van der Waals surface area contributed by atoms with Gasteiger partial charge >= 0.3 is 12.1 Å². The number of benzene rings is 2. The monoisotopic (exact) mass is 502 g/mol. The van der Waals surface area contributed by atoms with Crippen molar-refractivity contribution < 1.29 is 27.5 Å². The van der Waals surface area contributed by atoms with Gasteiger partial charge in [-0.2, -0.15) is 13.2 Å². The number of para-hydroxylation sites is 1. The Morgan fingerprint density at radius 1 is 0.914 bits per heavy atom. The Morgan fingerprint density at radius 2 is 1.57 bits per heavy atom. The van der Waals surface area contributed by atoms with E-state index in [9.17, 15) is 22.8 Å². The Bertz CT molecular complexity index is 1110. The molecular formula is C26H25F3N2O3S. The average Bonchev–Trinajstić information content (AvgIpc) is 3.38. The summed E-state index contributed by atoms with van der Waals surface area (Å²) in [7, 11) is 0. The number of halogens is 3. The molecule has 1 aliphatic carbocycles. The molecule has 2 amide bonds. The summed E-state index contributed by atoms with van der Waals surface area (Å²) in [6.45, 7) is 0. The van der Waals surface area contributed by atoms with Crippen LogP contribution in [0.1, 0.15) is 43.0 Å². The third kappa shape index (κ3) is 6.22. The van der Waals surface area contributed by atoms with Crippen LogP contribution in [0.2, 0.25) is 0 Å². The number of nitrogens with zero attached hydrogens (tertiary/aromatic N) is 1. The minimum absolute atomic E-state index is 0.0510. The second-order valence-electron chi connectivity index (χ2n) is 8.34. The summed E-state index contributed by atoms with van der Waals surface area (Å²) in [6, 6.07) is 16.2. The van der Waals surface area contributed by atoms with Crippen LogP contribution in [0.3, 0.4) is 0 Å². The van der Waals surface area contributed by atoms with Crippen molar-refractivity contribution in [3.63, 3.8) is 0 Å². The van der Waals surface area contributed by atoms with Gasteiger partial charge in [0.25, 0.3) is 0 Å². The Kier molecular flexibility index (Phi) is 7.75. The highest BCUT2D eigenvalue weighted by atomic mass is 32.1. The van der Waals surface area contributed by atoms with Crippen molar-refractivity contribution in [2.24, 2.45) is 0 Å². The van der Waals surface area contributed by atoms with E-state index < -0.39 is 24.0 Å². The van der Waals surface area contributed by atoms with Crippen LogP contribution in [0.4, 0.5) is 18.9 Å². The van der Waals surface area contributed by atoms with Crippen molar-refractivity contribution >= 4 is 28.8 Å². The van der Waals surface area contributed by atoms with Crippen LogP contribution < -0.4 is 15.0 Å². The molecule has 4 rings (SSSR count). The number of nitrogens with one attached hydrogen (secondary N) is 1. The number of anilines is 1. The molecule has 1 saturated carbocycles. The van der Waals surface area contributed by atoms with Crippen molar-refractivity contribution in [3.8, 4) is 11.5 Å². The largest absolute Gasteiger partial charge is 0.471 e. The molecule has 1 N–H and O–H groups in total. The molecule has 35 heavy (non-hydrogen) atoms. The minimum Gasteiger partial charge on any atom is -0.457 e. The number of carbonyl (C=O) groups excluding carboxylic acids is 2. The molecule has 9 heteroatoms. The van der Waals surface area contributed by atoms with Gasteiger partial charge in [0.05, 0.1) is 0 Å². The summed E-state index contributed by atoms with van der Waals surface area (Å²) in [5, 5.41) is 4.56. The summed E-state index contributed by atoms with van der Waals surface area (Å²) >= 11 is 1.13. The zero-order chi connectivity index (χ0) is 24.8. The highest BCUT2D eigenvalue weighted by molar-refractivity contribution is 7.10. The highest BCUT2D eigenvalue weighted by Gasteiger charge is 2.48. The molecule has 3 aromatic rings. The molecule has 0 aliphatic heterocycles. The fraction of sp³-hybridized carbons (Fsp3) is 0.308. The van der Waals surface area contributed by atoms with Crippen molar-refractivity contribution in [1.82, 2.24) is 5.32 Å². The number of alkyl halides is 3. The first-order valence-electron chi connectivity index (χ1n) is 11.4. The van der Waals surface area contributed by atoms with Crippen LogP contribution in [-0.2, 0) is 9.59 Å². The molecule has 0 saturated heterocycles. The maximum atomic E-state index is 13.7. The lowest BCUT2D eigenvalue weighted by atomic mass is 9.95. The molecular weight excluding hydrogens is 477 g/mol. The molecule has 0 spiro atoms. The Morgan fingerprint density at radius 3 is 2.17 bits per heavy atom. The predicted molar refractivity (Wildman–Crippen MR) is 129 cm³/mol. The Hall–Kier alpha value is -3.33. The van der Waals surface area contributed by atoms with Gasteiger partial charge in [-0.25, -0.2) is 0 Å². The zero-order valence-corrected chi connectivity index (χ0v) is 19.6. The molecule has 1 aliphatic rings. The number of carbonyl (C=O) groups is 2. The number of amides is 2. The van der Waals surface area contributed by atoms with Gasteiger partial charge in [-0.3, -0.25) is 14.5 Å². The van der Waals surface area contributed by atoms with Crippen LogP contribution in [0, 0.1) is 0 Å². The molecule has 1 aromatic heterocycles. The van der Waals surface area contributed by atoms with Crippen LogP contribution in [0.5, 0.6) is 11.5 Å². The van der Waals surface area contributed by atoms with E-state index in [1.165, 1.54) is 24.3 Å². The number of ether oxygens (including phenoxy) is 1. The van der Waals surface area contributed by atoms with Gasteiger partial charge in [0.2, 0.25) is 5.91 Å². The topological polar surface area (TPSA) is 58.6 Å². The molecule has 184 valence electrons. The van der Waals surface area contributed by atoms with Gasteiger partial charge in [0.1, 0.15) is 11.5 Å². The Labute approximate surface area is 205 Å². The SMILES string of the molecule is O=C(NC1CCCCC1)C(c1cccs1)N(C(=O)C(F)(F)F)c1ccc(Oc2ccccc2)cc1. The quantitative estimate of drug-likeness (QED) is 0.395. The third-order valence-corrected chi connectivity index (χ3v) is 6.75. The zero-order valence-electron chi connectivity index (χ0n) is 18.8. The number of thiophene rings is 1. The summed E-state index contributed by atoms with van der Waals surface area (Å²) < 4.78 is 46.9. The lowest BCUT2D eigenvalue weighted by molar-refractivity contribution is -0.171. The van der Waals surface area contributed by atoms with Crippen molar-refractivity contribution in [2.75, 3.05) is 4.90 Å². The highest BCUT2D eigenvalue weighted by Crippen LogP contribution is 2.36. The first-order valence-corrected chi connectivity index (χ1v) is 12.3. The number of hydrogen-bond acceptors (Lipinski definition) is 4. The first-order chi connectivity index (χ1) is 16.8. The van der Waals surface area contributed by atoms with Crippen molar-refractivity contribution in [1.29, 1.82) is 0 Å². The molecule has 5 nitrogen and oxygen atoms in total. The summed E-state index contributed by atoms with van der Waals surface area (Å²) in [4.78, 5) is 26.9. The van der Waals surface area contributed by atoms with E-state index in [0.29, 0.717) is 21.3 Å². The normalized spacial score (nSPS) is 15.3. The van der Waals surface area contributed by atoms with Crippen LogP contribution in [0.15, 0.2) is 72.1 Å². The minimum atomic E-state index is -5.17. The van der Waals surface area contributed by atoms with Crippen LogP contribution in [0.25, 0.3) is 0 Å². The van der Waals surface area contributed by atoms with Crippen LogP contribution in [-0.4, -0.2) is 24.0 Å². The van der Waals surface area contributed by atoms with E-state index in [0.717, 1.165) is 43.4 Å². The molecule has 0 radical (unpaired) electrons. The summed E-state index contributed by atoms with van der Waals surface area (Å²) in [5.41, 5.74) is -0.0510. The van der Waals surface area contributed by atoms with Gasteiger partial charge in [-0.1, -0.05) is 43.5 Å². The lowest BCUT2D eigenvalue weighted by Crippen LogP contribution is -2.50. The van der Waals surface area contributed by atoms with Gasteiger partial charge in [-0.15, -0.1) is 11.3 Å².